The maximum Gasteiger partial charge on any atom is 0.143 e. The van der Waals surface area contributed by atoms with Gasteiger partial charge in [-0.15, -0.1) is 0 Å². The number of benzene rings is 1. The van der Waals surface area contributed by atoms with Gasteiger partial charge in [-0.2, -0.15) is 0 Å². The average molecular weight is 234 g/mol. The fourth-order valence-corrected chi connectivity index (χ4v) is 2.03. The van der Waals surface area contributed by atoms with Gasteiger partial charge >= 0.3 is 0 Å². The Bertz CT molecular complexity index is 677. The minimum Gasteiger partial charge on any atom is -0.497 e. The van der Waals surface area contributed by atoms with E-state index in [0.717, 1.165) is 27.7 Å². The average Bonchev–Trinajstić information content (AvgIpc) is 2.67. The molecule has 0 spiro atoms. The molecule has 0 radical (unpaired) electrons. The Morgan fingerprint density at radius 1 is 1.31 bits per heavy atom. The molecule has 2 aromatic heterocycles. The fourth-order valence-electron chi connectivity index (χ4n) is 1.80. The number of methoxy groups -OCH3 is 1. The van der Waals surface area contributed by atoms with Crippen molar-refractivity contribution in [3.8, 4) is 5.75 Å². The van der Waals surface area contributed by atoms with Crippen molar-refractivity contribution in [2.24, 2.45) is 0 Å². The zero-order valence-corrected chi connectivity index (χ0v) is 9.25. The number of halogens is 1. The molecule has 5 heteroatoms. The zero-order chi connectivity index (χ0) is 11.1. The number of nitrogens with zero attached hydrogens (tertiary/aromatic N) is 2. The molecule has 2 heterocycles. The number of fused-ring (bicyclic) bond motifs is 3. The van der Waals surface area contributed by atoms with E-state index in [9.17, 15) is 0 Å². The van der Waals surface area contributed by atoms with Crippen LogP contribution in [0.3, 0.4) is 0 Å². The maximum absolute atomic E-state index is 6.05. The number of aromatic amines is 1. The summed E-state index contributed by atoms with van der Waals surface area (Å²) in [5, 5.41) is 2.31. The lowest BCUT2D eigenvalue weighted by Crippen LogP contribution is -1.81. The van der Waals surface area contributed by atoms with Crippen molar-refractivity contribution in [1.29, 1.82) is 0 Å². The summed E-state index contributed by atoms with van der Waals surface area (Å²) in [6.07, 6.45) is 1.44. The molecule has 4 nitrogen and oxygen atoms in total. The van der Waals surface area contributed by atoms with Crippen molar-refractivity contribution < 1.29 is 4.74 Å². The second kappa shape index (κ2) is 3.35. The molecule has 80 valence electrons. The second-order valence-electron chi connectivity index (χ2n) is 3.42. The quantitative estimate of drug-likeness (QED) is 0.658. The number of rotatable bonds is 1. The first kappa shape index (κ1) is 9.42. The summed E-state index contributed by atoms with van der Waals surface area (Å²) >= 11 is 6.05. The first-order valence-corrected chi connectivity index (χ1v) is 5.13. The van der Waals surface area contributed by atoms with Crippen molar-refractivity contribution in [2.75, 3.05) is 7.11 Å². The molecule has 16 heavy (non-hydrogen) atoms. The van der Waals surface area contributed by atoms with E-state index in [0.29, 0.717) is 5.15 Å². The van der Waals surface area contributed by atoms with Crippen LogP contribution in [0.2, 0.25) is 5.15 Å². The van der Waals surface area contributed by atoms with Crippen LogP contribution in [0.1, 0.15) is 0 Å². The summed E-state index contributed by atoms with van der Waals surface area (Å²) in [6.45, 7) is 0. The first-order valence-electron chi connectivity index (χ1n) is 4.75. The molecule has 1 aromatic carbocycles. The molecule has 3 aromatic rings. The number of H-pyrrole nitrogens is 1. The topological polar surface area (TPSA) is 50.8 Å². The van der Waals surface area contributed by atoms with E-state index in [1.165, 1.54) is 6.33 Å². The molecule has 0 aliphatic rings. The van der Waals surface area contributed by atoms with Crippen LogP contribution in [0, 0.1) is 0 Å². The lowest BCUT2D eigenvalue weighted by Gasteiger charge is -1.98. The number of nitrogens with one attached hydrogen (secondary N) is 1. The molecule has 0 saturated heterocycles. The minimum atomic E-state index is 0.460. The molecule has 1 N–H and O–H groups in total. The van der Waals surface area contributed by atoms with Gasteiger partial charge in [-0.05, 0) is 12.1 Å². The predicted octanol–water partition coefficient (Wildman–Crippen LogP) is 2.77. The van der Waals surface area contributed by atoms with Crippen molar-refractivity contribution in [1.82, 2.24) is 15.0 Å². The van der Waals surface area contributed by atoms with Gasteiger partial charge in [0.05, 0.1) is 18.0 Å². The van der Waals surface area contributed by atoms with Crippen LogP contribution in [-0.4, -0.2) is 22.1 Å². The molecule has 0 unspecified atom stereocenters. The third kappa shape index (κ3) is 1.23. The molecule has 0 amide bonds. The monoisotopic (exact) mass is 233 g/mol. The molecule has 0 aliphatic carbocycles. The Hall–Kier alpha value is -1.81. The molecule has 0 atom stereocenters. The summed E-state index contributed by atoms with van der Waals surface area (Å²) in [5.74, 6) is 0.795. The van der Waals surface area contributed by atoms with Crippen molar-refractivity contribution in [3.63, 3.8) is 0 Å². The summed E-state index contributed by atoms with van der Waals surface area (Å²) in [7, 11) is 1.64. The van der Waals surface area contributed by atoms with E-state index >= 15 is 0 Å². The lowest BCUT2D eigenvalue weighted by molar-refractivity contribution is 0.415. The van der Waals surface area contributed by atoms with Gasteiger partial charge in [0, 0.05) is 11.5 Å². The van der Waals surface area contributed by atoms with E-state index in [4.69, 9.17) is 16.3 Å². The van der Waals surface area contributed by atoms with E-state index in [2.05, 4.69) is 15.0 Å². The van der Waals surface area contributed by atoms with Crippen molar-refractivity contribution >= 4 is 33.5 Å². The number of hydrogen-bond donors (Lipinski definition) is 1. The highest BCUT2D eigenvalue weighted by atomic mass is 35.5. The largest absolute Gasteiger partial charge is 0.497 e. The van der Waals surface area contributed by atoms with Crippen LogP contribution in [0.4, 0.5) is 0 Å². The van der Waals surface area contributed by atoms with Crippen LogP contribution in [0.5, 0.6) is 5.75 Å². The Morgan fingerprint density at radius 3 is 3.00 bits per heavy atom. The van der Waals surface area contributed by atoms with E-state index in [1.807, 2.05) is 18.2 Å². The normalized spacial score (nSPS) is 11.1. The van der Waals surface area contributed by atoms with Gasteiger partial charge in [-0.3, -0.25) is 0 Å². The van der Waals surface area contributed by atoms with Gasteiger partial charge in [0.2, 0.25) is 0 Å². The van der Waals surface area contributed by atoms with Gasteiger partial charge in [0.1, 0.15) is 22.9 Å². The molecule has 0 saturated carbocycles. The van der Waals surface area contributed by atoms with Gasteiger partial charge < -0.3 is 9.72 Å². The highest BCUT2D eigenvalue weighted by Gasteiger charge is 2.09. The van der Waals surface area contributed by atoms with Gasteiger partial charge in [0.25, 0.3) is 0 Å². The van der Waals surface area contributed by atoms with Crippen molar-refractivity contribution in [2.45, 2.75) is 0 Å². The van der Waals surface area contributed by atoms with Crippen LogP contribution in [0.15, 0.2) is 24.5 Å². The molecule has 0 fully saturated rings. The highest BCUT2D eigenvalue weighted by Crippen LogP contribution is 2.30. The van der Waals surface area contributed by atoms with Gasteiger partial charge in [-0.25, -0.2) is 9.97 Å². The fraction of sp³-hybridized carbons (Fsp3) is 0.0909. The Balaban J connectivity index is 2.47. The van der Waals surface area contributed by atoms with E-state index in [1.54, 1.807) is 7.11 Å². The molecular formula is C11H8ClN3O. The predicted molar refractivity (Wildman–Crippen MR) is 63.0 cm³/mol. The van der Waals surface area contributed by atoms with Crippen LogP contribution >= 0.6 is 11.6 Å². The Labute approximate surface area is 96.2 Å². The lowest BCUT2D eigenvalue weighted by atomic mass is 10.2. The third-order valence-electron chi connectivity index (χ3n) is 2.55. The standard InChI is InChI=1S/C11H8ClN3O/c1-16-6-2-3-7-8(4-6)15-11-9(7)10(12)13-5-14-11/h2-5H,1H3,(H,13,14,15). The molecular weight excluding hydrogens is 226 g/mol. The summed E-state index contributed by atoms with van der Waals surface area (Å²) < 4.78 is 5.16. The summed E-state index contributed by atoms with van der Waals surface area (Å²) in [6, 6.07) is 5.74. The molecule has 0 aliphatic heterocycles. The number of ether oxygens (including phenoxy) is 1. The van der Waals surface area contributed by atoms with Crippen LogP contribution in [-0.2, 0) is 0 Å². The van der Waals surface area contributed by atoms with Gasteiger partial charge in [-0.1, -0.05) is 11.6 Å². The van der Waals surface area contributed by atoms with Gasteiger partial charge in [0.15, 0.2) is 0 Å². The zero-order valence-electron chi connectivity index (χ0n) is 8.49. The Morgan fingerprint density at radius 2 is 2.19 bits per heavy atom. The second-order valence-corrected chi connectivity index (χ2v) is 3.78. The summed E-state index contributed by atoms with van der Waals surface area (Å²) in [5.41, 5.74) is 1.68. The third-order valence-corrected chi connectivity index (χ3v) is 2.84. The smallest absolute Gasteiger partial charge is 0.143 e. The Kier molecular flexibility index (Phi) is 1.97. The number of hydrogen-bond acceptors (Lipinski definition) is 3. The van der Waals surface area contributed by atoms with E-state index < -0.39 is 0 Å². The van der Waals surface area contributed by atoms with Crippen molar-refractivity contribution in [3.05, 3.63) is 29.7 Å². The maximum atomic E-state index is 6.05. The SMILES string of the molecule is COc1ccc2c(c1)[nH]c1ncnc(Cl)c12. The number of aromatic nitrogens is 3. The van der Waals surface area contributed by atoms with E-state index in [-0.39, 0.29) is 0 Å². The minimum absolute atomic E-state index is 0.460. The summed E-state index contributed by atoms with van der Waals surface area (Å²) in [4.78, 5) is 11.3. The van der Waals surface area contributed by atoms with Crippen LogP contribution in [0.25, 0.3) is 21.9 Å². The molecule has 3 rings (SSSR count). The first-order chi connectivity index (χ1) is 7.79. The highest BCUT2D eigenvalue weighted by molar-refractivity contribution is 6.36. The molecule has 0 bridgehead atoms. The van der Waals surface area contributed by atoms with Crippen LogP contribution < -0.4 is 4.74 Å².